The van der Waals surface area contributed by atoms with E-state index >= 15 is 0 Å². The molecule has 1 aliphatic rings. The van der Waals surface area contributed by atoms with E-state index in [0.717, 1.165) is 30.5 Å². The molecule has 1 N–H and O–H groups in total. The lowest BCUT2D eigenvalue weighted by molar-refractivity contribution is 0.661. The van der Waals surface area contributed by atoms with Crippen molar-refractivity contribution >= 4 is 21.6 Å². The second kappa shape index (κ2) is 4.94. The van der Waals surface area contributed by atoms with Crippen molar-refractivity contribution in [2.75, 3.05) is 31.6 Å². The van der Waals surface area contributed by atoms with Gasteiger partial charge in [0.15, 0.2) is 0 Å². The number of anilines is 1. The van der Waals surface area contributed by atoms with Crippen LogP contribution in [-0.2, 0) is 6.42 Å². The van der Waals surface area contributed by atoms with Crippen molar-refractivity contribution in [3.8, 4) is 0 Å². The van der Waals surface area contributed by atoms with Crippen LogP contribution >= 0.6 is 15.9 Å². The number of aromatic nitrogens is 1. The maximum Gasteiger partial charge on any atom is 0.0597 e. The quantitative estimate of drug-likeness (QED) is 0.908. The fourth-order valence-corrected chi connectivity index (χ4v) is 2.54. The number of nitrogens with zero attached hydrogens (tertiary/aromatic N) is 2. The zero-order chi connectivity index (χ0) is 10.7. The van der Waals surface area contributed by atoms with Gasteiger partial charge in [-0.2, -0.15) is 0 Å². The summed E-state index contributed by atoms with van der Waals surface area (Å²) in [5.74, 6) is 0. The highest BCUT2D eigenvalue weighted by molar-refractivity contribution is 9.10. The Labute approximate surface area is 99.0 Å². The molecule has 82 valence electrons. The molecule has 0 bridgehead atoms. The van der Waals surface area contributed by atoms with Gasteiger partial charge in [0.05, 0.1) is 11.9 Å². The van der Waals surface area contributed by atoms with Gasteiger partial charge in [0.1, 0.15) is 0 Å². The predicted molar refractivity (Wildman–Crippen MR) is 66.4 cm³/mol. The molecule has 1 aromatic heterocycles. The minimum absolute atomic E-state index is 1.02. The Kier molecular flexibility index (Phi) is 3.59. The number of likely N-dealkylation sites (N-methyl/N-ethyl adjacent to an activating group) is 1. The number of halogens is 1. The van der Waals surface area contributed by atoms with Gasteiger partial charge in [0, 0.05) is 30.3 Å². The van der Waals surface area contributed by atoms with Crippen LogP contribution in [0.2, 0.25) is 0 Å². The van der Waals surface area contributed by atoms with Crippen LogP contribution in [0.4, 0.5) is 5.69 Å². The molecule has 0 aliphatic carbocycles. The third kappa shape index (κ3) is 2.32. The Morgan fingerprint density at radius 1 is 1.53 bits per heavy atom. The SMILES string of the molecule is CNCCN1CCCc2c(Br)cncc21. The summed E-state index contributed by atoms with van der Waals surface area (Å²) in [6.45, 7) is 3.22. The molecule has 15 heavy (non-hydrogen) atoms. The molecule has 0 amide bonds. The van der Waals surface area contributed by atoms with Gasteiger partial charge >= 0.3 is 0 Å². The van der Waals surface area contributed by atoms with Crippen molar-refractivity contribution in [1.82, 2.24) is 10.3 Å². The first-order chi connectivity index (χ1) is 7.33. The summed E-state index contributed by atoms with van der Waals surface area (Å²) in [5, 5.41) is 3.19. The molecule has 0 radical (unpaired) electrons. The second-order valence-corrected chi connectivity index (χ2v) is 4.67. The average Bonchev–Trinajstić information content (AvgIpc) is 2.27. The summed E-state index contributed by atoms with van der Waals surface area (Å²) < 4.78 is 1.15. The van der Waals surface area contributed by atoms with E-state index in [-0.39, 0.29) is 0 Å². The second-order valence-electron chi connectivity index (χ2n) is 3.81. The first-order valence-corrected chi connectivity index (χ1v) is 6.14. The van der Waals surface area contributed by atoms with Gasteiger partial charge in [-0.1, -0.05) is 0 Å². The summed E-state index contributed by atoms with van der Waals surface area (Å²) in [4.78, 5) is 6.66. The summed E-state index contributed by atoms with van der Waals surface area (Å²) in [7, 11) is 1.99. The standard InChI is InChI=1S/C11H16BrN3/c1-13-4-6-15-5-2-3-9-10(12)7-14-8-11(9)15/h7-8,13H,2-6H2,1H3. The predicted octanol–water partition coefficient (Wildman–Crippen LogP) is 1.82. The van der Waals surface area contributed by atoms with Crippen LogP contribution in [-0.4, -0.2) is 31.7 Å². The third-order valence-electron chi connectivity index (χ3n) is 2.81. The minimum atomic E-state index is 1.02. The van der Waals surface area contributed by atoms with Gasteiger partial charge in [-0.25, -0.2) is 0 Å². The summed E-state index contributed by atoms with van der Waals surface area (Å²) in [5.41, 5.74) is 2.71. The van der Waals surface area contributed by atoms with Gasteiger partial charge in [-0.3, -0.25) is 4.98 Å². The lowest BCUT2D eigenvalue weighted by Gasteiger charge is -2.31. The van der Waals surface area contributed by atoms with Crippen molar-refractivity contribution in [2.24, 2.45) is 0 Å². The smallest absolute Gasteiger partial charge is 0.0597 e. The minimum Gasteiger partial charge on any atom is -0.369 e. The van der Waals surface area contributed by atoms with Gasteiger partial charge in [0.2, 0.25) is 0 Å². The van der Waals surface area contributed by atoms with Crippen LogP contribution in [0.5, 0.6) is 0 Å². The molecule has 0 fully saturated rings. The van der Waals surface area contributed by atoms with Crippen LogP contribution in [0, 0.1) is 0 Å². The van der Waals surface area contributed by atoms with Crippen LogP contribution in [0.3, 0.4) is 0 Å². The highest BCUT2D eigenvalue weighted by Gasteiger charge is 2.18. The third-order valence-corrected chi connectivity index (χ3v) is 3.49. The molecule has 0 aromatic carbocycles. The van der Waals surface area contributed by atoms with E-state index in [1.165, 1.54) is 17.7 Å². The van der Waals surface area contributed by atoms with Crippen LogP contribution in [0.15, 0.2) is 16.9 Å². The molecule has 2 rings (SSSR count). The molecule has 0 saturated carbocycles. The van der Waals surface area contributed by atoms with E-state index in [2.05, 4.69) is 31.1 Å². The van der Waals surface area contributed by atoms with E-state index in [0.29, 0.717) is 0 Å². The van der Waals surface area contributed by atoms with Crippen LogP contribution in [0.25, 0.3) is 0 Å². The molecule has 0 atom stereocenters. The zero-order valence-corrected chi connectivity index (χ0v) is 10.5. The number of hydrogen-bond donors (Lipinski definition) is 1. The molecular weight excluding hydrogens is 254 g/mol. The molecule has 1 aliphatic heterocycles. The van der Waals surface area contributed by atoms with Gasteiger partial charge < -0.3 is 10.2 Å². The largest absolute Gasteiger partial charge is 0.369 e. The molecule has 4 heteroatoms. The lowest BCUT2D eigenvalue weighted by atomic mass is 10.0. The van der Waals surface area contributed by atoms with E-state index in [1.54, 1.807) is 0 Å². The fourth-order valence-electron chi connectivity index (χ4n) is 2.02. The van der Waals surface area contributed by atoms with Crippen molar-refractivity contribution in [2.45, 2.75) is 12.8 Å². The number of fused-ring (bicyclic) bond motifs is 1. The average molecular weight is 270 g/mol. The van der Waals surface area contributed by atoms with E-state index in [1.807, 2.05) is 19.4 Å². The first-order valence-electron chi connectivity index (χ1n) is 5.35. The monoisotopic (exact) mass is 269 g/mol. The normalized spacial score (nSPS) is 15.2. The molecule has 0 spiro atoms. The van der Waals surface area contributed by atoms with Gasteiger partial charge in [-0.05, 0) is 41.4 Å². The maximum atomic E-state index is 4.25. The number of hydrogen-bond acceptors (Lipinski definition) is 3. The van der Waals surface area contributed by atoms with Crippen molar-refractivity contribution in [3.63, 3.8) is 0 Å². The molecule has 2 heterocycles. The van der Waals surface area contributed by atoms with E-state index in [9.17, 15) is 0 Å². The number of pyridine rings is 1. The molecule has 1 aromatic rings. The zero-order valence-electron chi connectivity index (χ0n) is 8.96. The Hall–Kier alpha value is -0.610. The van der Waals surface area contributed by atoms with Crippen molar-refractivity contribution in [1.29, 1.82) is 0 Å². The van der Waals surface area contributed by atoms with Crippen molar-refractivity contribution < 1.29 is 0 Å². The van der Waals surface area contributed by atoms with Crippen LogP contribution < -0.4 is 10.2 Å². The summed E-state index contributed by atoms with van der Waals surface area (Å²) >= 11 is 3.57. The van der Waals surface area contributed by atoms with Gasteiger partial charge in [-0.15, -0.1) is 0 Å². The molecule has 0 unspecified atom stereocenters. The molecule has 0 saturated heterocycles. The number of nitrogens with one attached hydrogen (secondary N) is 1. The highest BCUT2D eigenvalue weighted by Crippen LogP contribution is 2.31. The molecular formula is C11H16BrN3. The Morgan fingerprint density at radius 2 is 2.40 bits per heavy atom. The maximum absolute atomic E-state index is 4.25. The summed E-state index contributed by atoms with van der Waals surface area (Å²) in [6, 6.07) is 0. The Bertz CT molecular complexity index is 341. The van der Waals surface area contributed by atoms with Gasteiger partial charge in [0.25, 0.3) is 0 Å². The fraction of sp³-hybridized carbons (Fsp3) is 0.545. The first kappa shape index (κ1) is 10.9. The summed E-state index contributed by atoms with van der Waals surface area (Å²) in [6.07, 6.45) is 6.27. The molecule has 3 nitrogen and oxygen atoms in total. The Balaban J connectivity index is 2.22. The lowest BCUT2D eigenvalue weighted by Crippen LogP contribution is -2.35. The number of rotatable bonds is 3. The van der Waals surface area contributed by atoms with E-state index < -0.39 is 0 Å². The Morgan fingerprint density at radius 3 is 3.20 bits per heavy atom. The topological polar surface area (TPSA) is 28.2 Å². The highest BCUT2D eigenvalue weighted by atomic mass is 79.9. The van der Waals surface area contributed by atoms with Crippen molar-refractivity contribution in [3.05, 3.63) is 22.4 Å². The van der Waals surface area contributed by atoms with Crippen LogP contribution in [0.1, 0.15) is 12.0 Å². The van der Waals surface area contributed by atoms with E-state index in [4.69, 9.17) is 0 Å².